The summed E-state index contributed by atoms with van der Waals surface area (Å²) in [6, 6.07) is 7.81. The predicted molar refractivity (Wildman–Crippen MR) is 171 cm³/mol. The lowest BCUT2D eigenvalue weighted by Gasteiger charge is -2.36. The van der Waals surface area contributed by atoms with Gasteiger partial charge in [0.1, 0.15) is 17.3 Å². The van der Waals surface area contributed by atoms with Crippen molar-refractivity contribution in [2.45, 2.75) is 37.2 Å². The van der Waals surface area contributed by atoms with Crippen molar-refractivity contribution < 1.29 is 41.4 Å². The summed E-state index contributed by atoms with van der Waals surface area (Å²) >= 11 is 0. The number of aromatic carboxylic acids is 1. The average molecular weight is 698 g/mol. The number of benzene rings is 2. The van der Waals surface area contributed by atoms with Crippen molar-refractivity contribution in [2.75, 3.05) is 38.2 Å². The van der Waals surface area contributed by atoms with Crippen molar-refractivity contribution in [1.29, 1.82) is 0 Å². The lowest BCUT2D eigenvalue weighted by Crippen LogP contribution is -2.45. The van der Waals surface area contributed by atoms with Crippen LogP contribution < -0.4 is 11.1 Å². The van der Waals surface area contributed by atoms with Gasteiger partial charge in [0.05, 0.1) is 34.9 Å². The number of rotatable bonds is 9. The van der Waals surface area contributed by atoms with Gasteiger partial charge in [0.2, 0.25) is 15.9 Å². The third kappa shape index (κ3) is 6.57. The number of aromatic nitrogens is 3. The summed E-state index contributed by atoms with van der Waals surface area (Å²) in [4.78, 5) is 40.3. The number of amides is 2. The minimum atomic E-state index is -4.40. The van der Waals surface area contributed by atoms with Gasteiger partial charge in [-0.2, -0.15) is 9.40 Å². The number of fused-ring (bicyclic) bond motifs is 1. The Bertz CT molecular complexity index is 2070. The Morgan fingerprint density at radius 2 is 1.78 bits per heavy atom. The first kappa shape index (κ1) is 33.9. The Morgan fingerprint density at radius 3 is 2.43 bits per heavy atom. The number of ether oxygens (including phenoxy) is 1. The third-order valence-corrected chi connectivity index (χ3v) is 10.4. The van der Waals surface area contributed by atoms with E-state index >= 15 is 0 Å². The number of nitrogens with one attached hydrogen (secondary N) is 2. The number of H-pyrrole nitrogens is 1. The van der Waals surface area contributed by atoms with Gasteiger partial charge in [0, 0.05) is 61.7 Å². The summed E-state index contributed by atoms with van der Waals surface area (Å²) < 4.78 is 63.0. The van der Waals surface area contributed by atoms with Crippen molar-refractivity contribution in [3.05, 3.63) is 93.9 Å². The molecule has 49 heavy (non-hydrogen) atoms. The summed E-state index contributed by atoms with van der Waals surface area (Å²) in [7, 11) is -4.40. The number of morpholine rings is 1. The fourth-order valence-electron chi connectivity index (χ4n) is 6.25. The number of hydrogen-bond acceptors (Lipinski definition) is 8. The molecule has 0 aliphatic carbocycles. The second-order valence-electron chi connectivity index (χ2n) is 12.5. The Kier molecular flexibility index (Phi) is 8.87. The topological polar surface area (TPSA) is 193 Å². The molecule has 0 atom stereocenters. The summed E-state index contributed by atoms with van der Waals surface area (Å²) in [6.45, 7) is 5.58. The minimum absolute atomic E-state index is 0.0417. The molecule has 2 amide bonds. The summed E-state index contributed by atoms with van der Waals surface area (Å²) in [5, 5.41) is 19.6. The molecule has 258 valence electrons. The number of aromatic amines is 1. The number of nitrogens with zero attached hydrogens (tertiary/aromatic N) is 4. The highest BCUT2D eigenvalue weighted by molar-refractivity contribution is 7.89. The van der Waals surface area contributed by atoms with Crippen LogP contribution in [0.3, 0.4) is 0 Å². The van der Waals surface area contributed by atoms with Gasteiger partial charge in [-0.3, -0.25) is 19.6 Å². The molecule has 1 saturated heterocycles. The summed E-state index contributed by atoms with van der Waals surface area (Å²) in [5.74, 6) is -5.09. The van der Waals surface area contributed by atoms with Crippen LogP contribution in [0, 0.1) is 11.6 Å². The quantitative estimate of drug-likeness (QED) is 0.204. The predicted octanol–water partition coefficient (Wildman–Crippen LogP) is 2.84. The zero-order valence-electron chi connectivity index (χ0n) is 26.5. The van der Waals surface area contributed by atoms with E-state index in [-0.39, 0.29) is 35.7 Å². The standard InChI is InChI=1S/C32H33F2N7O7S/c1-32(2)17-40(49(46,47)21-12-19(33)11-20(34)13-21)16-24-27(32)37-38-29(24)36-30(43)23-14-26(41-5-3-4-25(41)31(44)45)18(10-22(23)28(35)42)15-39-6-8-48-9-7-39/h3-5,10-14H,6-9,15-17H2,1-2H3,(H2,35,42)(H,44,45)(H2,36,37,38,43). The molecule has 0 saturated carbocycles. The molecule has 4 aromatic rings. The number of nitrogens with two attached hydrogens (primary N) is 1. The van der Waals surface area contributed by atoms with Crippen LogP contribution in [0.4, 0.5) is 14.6 Å². The van der Waals surface area contributed by atoms with E-state index in [4.69, 9.17) is 10.5 Å². The number of sulfonamides is 1. The van der Waals surface area contributed by atoms with Gasteiger partial charge in [0.25, 0.3) is 5.91 Å². The van der Waals surface area contributed by atoms with Gasteiger partial charge in [-0.05, 0) is 42.0 Å². The molecular formula is C32H33F2N7O7S. The lowest BCUT2D eigenvalue weighted by molar-refractivity contribution is 0.0341. The number of carbonyl (C=O) groups is 3. The highest BCUT2D eigenvalue weighted by Gasteiger charge is 2.41. The van der Waals surface area contributed by atoms with Crippen LogP contribution in [0.1, 0.15) is 61.9 Å². The number of carbonyl (C=O) groups excluding carboxylic acids is 2. The van der Waals surface area contributed by atoms with Gasteiger partial charge in [0.15, 0.2) is 5.82 Å². The number of primary amides is 1. The molecule has 6 rings (SSSR count). The van der Waals surface area contributed by atoms with Gasteiger partial charge >= 0.3 is 5.97 Å². The molecule has 1 fully saturated rings. The molecule has 14 nitrogen and oxygen atoms in total. The number of carboxylic acids is 1. The van der Waals surface area contributed by atoms with Crippen LogP contribution in [0.25, 0.3) is 5.69 Å². The maximum absolute atomic E-state index is 14.0. The maximum atomic E-state index is 14.0. The van der Waals surface area contributed by atoms with E-state index in [0.717, 1.165) is 16.4 Å². The highest BCUT2D eigenvalue weighted by atomic mass is 32.2. The number of anilines is 1. The summed E-state index contributed by atoms with van der Waals surface area (Å²) in [5.41, 5.74) is 6.19. The first-order valence-corrected chi connectivity index (χ1v) is 16.6. The molecular weight excluding hydrogens is 664 g/mol. The van der Waals surface area contributed by atoms with Crippen LogP contribution in [0.2, 0.25) is 0 Å². The van der Waals surface area contributed by atoms with E-state index < -0.39 is 49.8 Å². The second kappa shape index (κ2) is 12.8. The maximum Gasteiger partial charge on any atom is 0.352 e. The monoisotopic (exact) mass is 697 g/mol. The Hall–Kier alpha value is -4.97. The molecule has 0 spiro atoms. The molecule has 2 aliphatic rings. The zero-order valence-corrected chi connectivity index (χ0v) is 27.3. The second-order valence-corrected chi connectivity index (χ2v) is 14.4. The van der Waals surface area contributed by atoms with Crippen LogP contribution in [-0.2, 0) is 33.3 Å². The van der Waals surface area contributed by atoms with Gasteiger partial charge in [-0.25, -0.2) is 22.0 Å². The minimum Gasteiger partial charge on any atom is -0.477 e. The van der Waals surface area contributed by atoms with E-state index in [1.54, 1.807) is 19.9 Å². The first-order chi connectivity index (χ1) is 23.2. The largest absolute Gasteiger partial charge is 0.477 e. The van der Waals surface area contributed by atoms with E-state index in [1.165, 1.54) is 29.0 Å². The summed E-state index contributed by atoms with van der Waals surface area (Å²) in [6.07, 6.45) is 1.53. The van der Waals surface area contributed by atoms with Gasteiger partial charge < -0.3 is 25.5 Å². The molecule has 5 N–H and O–H groups in total. The van der Waals surface area contributed by atoms with Gasteiger partial charge in [-0.15, -0.1) is 0 Å². The number of carboxylic acid groups (broad SMARTS) is 1. The van der Waals surface area contributed by atoms with Crippen molar-refractivity contribution >= 4 is 33.6 Å². The highest BCUT2D eigenvalue weighted by Crippen LogP contribution is 2.38. The fraction of sp³-hybridized carbons (Fsp3) is 0.312. The average Bonchev–Trinajstić information content (AvgIpc) is 3.69. The Labute approximate surface area is 279 Å². The molecule has 0 unspecified atom stereocenters. The zero-order chi connectivity index (χ0) is 35.2. The Balaban J connectivity index is 1.39. The van der Waals surface area contributed by atoms with Crippen LogP contribution >= 0.6 is 0 Å². The van der Waals surface area contributed by atoms with E-state index in [9.17, 15) is 36.7 Å². The number of hydrogen-bond donors (Lipinski definition) is 4. The fourth-order valence-corrected chi connectivity index (χ4v) is 7.86. The molecule has 0 bridgehead atoms. The van der Waals surface area contributed by atoms with Crippen LogP contribution in [-0.4, -0.2) is 88.1 Å². The molecule has 17 heteroatoms. The van der Waals surface area contributed by atoms with Crippen molar-refractivity contribution in [1.82, 2.24) is 24.0 Å². The SMILES string of the molecule is CC1(C)CN(S(=O)(=O)c2cc(F)cc(F)c2)Cc2c(NC(=O)c3cc(-n4cccc4C(=O)O)c(CN4CCOCC4)cc3C(N)=O)n[nH]c21. The van der Waals surface area contributed by atoms with Crippen LogP contribution in [0.5, 0.6) is 0 Å². The van der Waals surface area contributed by atoms with E-state index in [2.05, 4.69) is 20.4 Å². The molecule has 2 aromatic carbocycles. The van der Waals surface area contributed by atoms with Crippen molar-refractivity contribution in [3.8, 4) is 5.69 Å². The molecule has 2 aliphatic heterocycles. The molecule has 0 radical (unpaired) electrons. The number of halogens is 2. The van der Waals surface area contributed by atoms with Crippen LogP contribution in [0.15, 0.2) is 53.6 Å². The van der Waals surface area contributed by atoms with Crippen molar-refractivity contribution in [2.24, 2.45) is 5.73 Å². The lowest BCUT2D eigenvalue weighted by atomic mass is 9.84. The first-order valence-electron chi connectivity index (χ1n) is 15.2. The van der Waals surface area contributed by atoms with Crippen molar-refractivity contribution in [3.63, 3.8) is 0 Å². The third-order valence-electron chi connectivity index (χ3n) is 8.61. The molecule has 2 aromatic heterocycles. The smallest absolute Gasteiger partial charge is 0.352 e. The van der Waals surface area contributed by atoms with Gasteiger partial charge in [-0.1, -0.05) is 13.8 Å². The Morgan fingerprint density at radius 1 is 1.08 bits per heavy atom. The van der Waals surface area contributed by atoms with E-state index in [0.29, 0.717) is 61.4 Å². The molecule has 4 heterocycles. The van der Waals surface area contributed by atoms with E-state index in [1.807, 2.05) is 0 Å². The normalized spacial score (nSPS) is 16.7.